The Kier molecular flexibility index (Phi) is 3.76. The minimum absolute atomic E-state index is 0.0365. The van der Waals surface area contributed by atoms with Crippen LogP contribution in [0, 0.1) is 22.7 Å². The van der Waals surface area contributed by atoms with E-state index in [1.54, 1.807) is 12.3 Å². The van der Waals surface area contributed by atoms with Gasteiger partial charge in [-0.25, -0.2) is 4.98 Å². The molecule has 0 amide bonds. The molecule has 5 heteroatoms. The standard InChI is InChI=1S/C13H15N5/c1-11(9-14)17-4-6-18(7-5-17)13-8-12(10-15)2-3-16-13/h2-3,8,11H,4-7H2,1H3. The second kappa shape index (κ2) is 5.48. The first-order valence-corrected chi connectivity index (χ1v) is 5.99. The maximum atomic E-state index is 8.88. The van der Waals surface area contributed by atoms with Crippen LogP contribution in [0.15, 0.2) is 18.3 Å². The number of pyridine rings is 1. The van der Waals surface area contributed by atoms with Crippen molar-refractivity contribution in [2.75, 3.05) is 31.1 Å². The SMILES string of the molecule is CC(C#N)N1CCN(c2cc(C#N)ccn2)CC1. The number of rotatable bonds is 2. The zero-order chi connectivity index (χ0) is 13.0. The van der Waals surface area contributed by atoms with Gasteiger partial charge in [-0.05, 0) is 19.1 Å². The molecule has 0 radical (unpaired) electrons. The molecule has 0 saturated carbocycles. The van der Waals surface area contributed by atoms with Gasteiger partial charge in [0.2, 0.25) is 0 Å². The molecule has 0 N–H and O–H groups in total. The average Bonchev–Trinajstić information content (AvgIpc) is 2.46. The van der Waals surface area contributed by atoms with Gasteiger partial charge >= 0.3 is 0 Å². The molecule has 2 rings (SSSR count). The first kappa shape index (κ1) is 12.3. The van der Waals surface area contributed by atoms with Crippen molar-refractivity contribution in [3.8, 4) is 12.1 Å². The van der Waals surface area contributed by atoms with Crippen molar-refractivity contribution in [1.82, 2.24) is 9.88 Å². The molecule has 18 heavy (non-hydrogen) atoms. The van der Waals surface area contributed by atoms with E-state index >= 15 is 0 Å². The smallest absolute Gasteiger partial charge is 0.129 e. The predicted molar refractivity (Wildman–Crippen MR) is 67.8 cm³/mol. The normalized spacial score (nSPS) is 17.8. The van der Waals surface area contributed by atoms with Crippen molar-refractivity contribution in [1.29, 1.82) is 10.5 Å². The summed E-state index contributed by atoms with van der Waals surface area (Å²) in [6, 6.07) is 7.86. The van der Waals surface area contributed by atoms with Crippen molar-refractivity contribution in [3.63, 3.8) is 0 Å². The minimum atomic E-state index is -0.0365. The highest BCUT2D eigenvalue weighted by Crippen LogP contribution is 2.15. The largest absolute Gasteiger partial charge is 0.354 e. The van der Waals surface area contributed by atoms with E-state index in [2.05, 4.69) is 26.9 Å². The fourth-order valence-electron chi connectivity index (χ4n) is 2.08. The van der Waals surface area contributed by atoms with Crippen LogP contribution in [0.25, 0.3) is 0 Å². The lowest BCUT2D eigenvalue weighted by Crippen LogP contribution is -2.49. The summed E-state index contributed by atoms with van der Waals surface area (Å²) < 4.78 is 0. The van der Waals surface area contributed by atoms with E-state index in [1.165, 1.54) is 0 Å². The Morgan fingerprint density at radius 3 is 2.61 bits per heavy atom. The molecule has 5 nitrogen and oxygen atoms in total. The zero-order valence-electron chi connectivity index (χ0n) is 10.4. The van der Waals surface area contributed by atoms with E-state index in [9.17, 15) is 0 Å². The summed E-state index contributed by atoms with van der Waals surface area (Å²) in [7, 11) is 0. The lowest BCUT2D eigenvalue weighted by Gasteiger charge is -2.36. The van der Waals surface area contributed by atoms with Crippen molar-refractivity contribution in [2.45, 2.75) is 13.0 Å². The molecule has 2 heterocycles. The van der Waals surface area contributed by atoms with Crippen LogP contribution in [0.5, 0.6) is 0 Å². The van der Waals surface area contributed by atoms with Gasteiger partial charge in [0.05, 0.1) is 23.7 Å². The summed E-state index contributed by atoms with van der Waals surface area (Å²) in [5.74, 6) is 0.846. The van der Waals surface area contributed by atoms with Crippen LogP contribution in [0.2, 0.25) is 0 Å². The number of hydrogen-bond donors (Lipinski definition) is 0. The molecule has 1 fully saturated rings. The summed E-state index contributed by atoms with van der Waals surface area (Å²) >= 11 is 0. The fourth-order valence-corrected chi connectivity index (χ4v) is 2.08. The zero-order valence-corrected chi connectivity index (χ0v) is 10.4. The highest BCUT2D eigenvalue weighted by Gasteiger charge is 2.21. The summed E-state index contributed by atoms with van der Waals surface area (Å²) in [6.07, 6.45) is 1.66. The Hall–Kier alpha value is -2.11. The Bertz CT molecular complexity index is 491. The number of nitrogens with zero attached hydrogens (tertiary/aromatic N) is 5. The Balaban J connectivity index is 2.02. The van der Waals surface area contributed by atoms with Gasteiger partial charge in [-0.2, -0.15) is 10.5 Å². The van der Waals surface area contributed by atoms with E-state index in [-0.39, 0.29) is 6.04 Å². The molecule has 0 spiro atoms. The van der Waals surface area contributed by atoms with Gasteiger partial charge in [-0.3, -0.25) is 4.90 Å². The highest BCUT2D eigenvalue weighted by atomic mass is 15.3. The summed E-state index contributed by atoms with van der Waals surface area (Å²) in [4.78, 5) is 8.60. The molecule has 1 atom stereocenters. The molecule has 1 aromatic rings. The van der Waals surface area contributed by atoms with E-state index in [1.807, 2.05) is 13.0 Å². The minimum Gasteiger partial charge on any atom is -0.354 e. The van der Waals surface area contributed by atoms with Gasteiger partial charge in [0.15, 0.2) is 0 Å². The maximum absolute atomic E-state index is 8.88. The number of nitriles is 2. The molecule has 1 unspecified atom stereocenters. The Morgan fingerprint density at radius 2 is 2.00 bits per heavy atom. The molecular weight excluding hydrogens is 226 g/mol. The lowest BCUT2D eigenvalue weighted by atomic mass is 10.2. The van der Waals surface area contributed by atoms with E-state index in [0.29, 0.717) is 5.56 Å². The lowest BCUT2D eigenvalue weighted by molar-refractivity contribution is 0.231. The summed E-state index contributed by atoms with van der Waals surface area (Å²) in [5.41, 5.74) is 0.632. The average molecular weight is 241 g/mol. The van der Waals surface area contributed by atoms with Crippen LogP contribution in [-0.2, 0) is 0 Å². The molecule has 1 aromatic heterocycles. The first-order chi connectivity index (χ1) is 8.74. The third-order valence-electron chi connectivity index (χ3n) is 3.25. The van der Waals surface area contributed by atoms with Crippen molar-refractivity contribution < 1.29 is 0 Å². The number of aromatic nitrogens is 1. The van der Waals surface area contributed by atoms with Gasteiger partial charge < -0.3 is 4.90 Å². The van der Waals surface area contributed by atoms with Gasteiger partial charge in [0.1, 0.15) is 5.82 Å². The molecule has 1 saturated heterocycles. The van der Waals surface area contributed by atoms with E-state index < -0.39 is 0 Å². The molecule has 92 valence electrons. The van der Waals surface area contributed by atoms with Gasteiger partial charge in [0.25, 0.3) is 0 Å². The molecule has 0 aliphatic carbocycles. The maximum Gasteiger partial charge on any atom is 0.129 e. The van der Waals surface area contributed by atoms with Crippen LogP contribution >= 0.6 is 0 Å². The molecule has 1 aliphatic rings. The molecule has 0 aromatic carbocycles. The first-order valence-electron chi connectivity index (χ1n) is 5.99. The van der Waals surface area contributed by atoms with Gasteiger partial charge in [-0.1, -0.05) is 0 Å². The van der Waals surface area contributed by atoms with Crippen LogP contribution in [0.3, 0.4) is 0 Å². The highest BCUT2D eigenvalue weighted by molar-refractivity contribution is 5.45. The quantitative estimate of drug-likeness (QED) is 0.772. The predicted octanol–water partition coefficient (Wildman–Crippen LogP) is 0.987. The van der Waals surface area contributed by atoms with Crippen LogP contribution in [-0.4, -0.2) is 42.1 Å². The Labute approximate surface area is 107 Å². The van der Waals surface area contributed by atoms with Crippen LogP contribution in [0.1, 0.15) is 12.5 Å². The molecule has 0 bridgehead atoms. The van der Waals surface area contributed by atoms with Gasteiger partial charge in [-0.15, -0.1) is 0 Å². The van der Waals surface area contributed by atoms with Crippen molar-refractivity contribution >= 4 is 5.82 Å². The van der Waals surface area contributed by atoms with E-state index in [0.717, 1.165) is 32.0 Å². The van der Waals surface area contributed by atoms with Gasteiger partial charge in [0, 0.05) is 32.4 Å². The van der Waals surface area contributed by atoms with Crippen molar-refractivity contribution in [2.24, 2.45) is 0 Å². The Morgan fingerprint density at radius 1 is 1.28 bits per heavy atom. The van der Waals surface area contributed by atoms with Crippen molar-refractivity contribution in [3.05, 3.63) is 23.9 Å². The molecule has 1 aliphatic heterocycles. The molecular formula is C13H15N5. The van der Waals surface area contributed by atoms with E-state index in [4.69, 9.17) is 10.5 Å². The fraction of sp³-hybridized carbons (Fsp3) is 0.462. The number of piperazine rings is 1. The number of anilines is 1. The monoisotopic (exact) mass is 241 g/mol. The van der Waals surface area contributed by atoms with Crippen LogP contribution < -0.4 is 4.90 Å². The third kappa shape index (κ3) is 2.58. The summed E-state index contributed by atoms with van der Waals surface area (Å²) in [5, 5.41) is 17.8. The second-order valence-electron chi connectivity index (χ2n) is 4.34. The van der Waals surface area contributed by atoms with Crippen LogP contribution in [0.4, 0.5) is 5.82 Å². The second-order valence-corrected chi connectivity index (χ2v) is 4.34. The topological polar surface area (TPSA) is 67.0 Å². The third-order valence-corrected chi connectivity index (χ3v) is 3.25. The number of hydrogen-bond acceptors (Lipinski definition) is 5. The summed E-state index contributed by atoms with van der Waals surface area (Å²) in [6.45, 7) is 5.31.